The lowest BCUT2D eigenvalue weighted by atomic mass is 10.1. The van der Waals surface area contributed by atoms with Crippen LogP contribution in [0.2, 0.25) is 0 Å². The van der Waals surface area contributed by atoms with E-state index in [9.17, 15) is 22.4 Å². The second-order valence-corrected chi connectivity index (χ2v) is 8.76. The molecule has 2 atom stereocenters. The number of hydrogen-bond acceptors (Lipinski definition) is 5. The summed E-state index contributed by atoms with van der Waals surface area (Å²) in [6.07, 6.45) is 0. The Morgan fingerprint density at radius 2 is 1.60 bits per heavy atom. The normalized spacial score (nSPS) is 13.5. The average molecular weight is 437 g/mol. The monoisotopic (exact) mass is 436 g/mol. The fourth-order valence-electron chi connectivity index (χ4n) is 2.68. The summed E-state index contributed by atoms with van der Waals surface area (Å²) in [7, 11) is -4.30. The number of amides is 1. The lowest BCUT2D eigenvalue weighted by Crippen LogP contribution is -2.46. The number of carbonyl (C=O) groups excluding carboxylic acids is 2. The minimum absolute atomic E-state index is 0.294. The van der Waals surface area contributed by atoms with Crippen molar-refractivity contribution in [2.45, 2.75) is 37.8 Å². The number of sulfonamides is 1. The SMILES string of the molecule is CC(NC(=O)COC(=O)C(NS(=O)(=O)c1ccccc1F)C(C)C)c1ccccc1. The number of carbonyl (C=O) groups is 2. The second kappa shape index (κ2) is 10.3. The third kappa shape index (κ3) is 6.36. The van der Waals surface area contributed by atoms with Crippen molar-refractivity contribution < 1.29 is 27.1 Å². The fraction of sp³-hybridized carbons (Fsp3) is 0.333. The zero-order chi connectivity index (χ0) is 22.3. The van der Waals surface area contributed by atoms with Crippen molar-refractivity contribution in [1.29, 1.82) is 0 Å². The third-order valence-corrected chi connectivity index (χ3v) is 5.83. The van der Waals surface area contributed by atoms with Gasteiger partial charge < -0.3 is 10.1 Å². The molecule has 0 spiro atoms. The van der Waals surface area contributed by atoms with Crippen LogP contribution >= 0.6 is 0 Å². The van der Waals surface area contributed by atoms with Crippen molar-refractivity contribution in [1.82, 2.24) is 10.0 Å². The number of rotatable bonds is 9. The molecule has 0 bridgehead atoms. The predicted octanol–water partition coefficient (Wildman–Crippen LogP) is 2.55. The van der Waals surface area contributed by atoms with Crippen molar-refractivity contribution in [3.8, 4) is 0 Å². The zero-order valence-corrected chi connectivity index (χ0v) is 17.8. The highest BCUT2D eigenvalue weighted by Gasteiger charge is 2.31. The van der Waals surface area contributed by atoms with Gasteiger partial charge in [-0.3, -0.25) is 9.59 Å². The smallest absolute Gasteiger partial charge is 0.324 e. The van der Waals surface area contributed by atoms with Gasteiger partial charge in [-0.1, -0.05) is 56.3 Å². The van der Waals surface area contributed by atoms with Crippen LogP contribution in [-0.2, 0) is 24.3 Å². The van der Waals surface area contributed by atoms with Crippen LogP contribution in [0.15, 0.2) is 59.5 Å². The summed E-state index contributed by atoms with van der Waals surface area (Å²) in [5, 5.41) is 2.70. The van der Waals surface area contributed by atoms with Crippen LogP contribution in [0.3, 0.4) is 0 Å². The topological polar surface area (TPSA) is 102 Å². The van der Waals surface area contributed by atoms with E-state index in [1.54, 1.807) is 20.8 Å². The summed E-state index contributed by atoms with van der Waals surface area (Å²) in [5.41, 5.74) is 0.884. The first kappa shape index (κ1) is 23.5. The van der Waals surface area contributed by atoms with Gasteiger partial charge in [-0.25, -0.2) is 12.8 Å². The highest BCUT2D eigenvalue weighted by atomic mass is 32.2. The van der Waals surface area contributed by atoms with Crippen LogP contribution < -0.4 is 10.0 Å². The fourth-order valence-corrected chi connectivity index (χ4v) is 4.10. The van der Waals surface area contributed by atoms with E-state index in [1.165, 1.54) is 12.1 Å². The van der Waals surface area contributed by atoms with E-state index in [0.29, 0.717) is 0 Å². The molecule has 0 saturated heterocycles. The Morgan fingerprint density at radius 3 is 2.20 bits per heavy atom. The Hall–Kier alpha value is -2.78. The summed E-state index contributed by atoms with van der Waals surface area (Å²) < 4.78 is 46.0. The van der Waals surface area contributed by atoms with Crippen LogP contribution in [0.5, 0.6) is 0 Å². The highest BCUT2D eigenvalue weighted by Crippen LogP contribution is 2.16. The largest absolute Gasteiger partial charge is 0.454 e. The van der Waals surface area contributed by atoms with Gasteiger partial charge in [-0.2, -0.15) is 4.72 Å². The maximum atomic E-state index is 13.9. The van der Waals surface area contributed by atoms with Gasteiger partial charge in [-0.05, 0) is 30.5 Å². The first-order valence-electron chi connectivity index (χ1n) is 9.39. The second-order valence-electron chi connectivity index (χ2n) is 7.08. The van der Waals surface area contributed by atoms with Crippen LogP contribution in [0.4, 0.5) is 4.39 Å². The molecule has 0 aliphatic rings. The first-order chi connectivity index (χ1) is 14.1. The summed E-state index contributed by atoms with van der Waals surface area (Å²) >= 11 is 0. The molecule has 9 heteroatoms. The van der Waals surface area contributed by atoms with E-state index in [1.807, 2.05) is 30.3 Å². The zero-order valence-electron chi connectivity index (χ0n) is 17.0. The van der Waals surface area contributed by atoms with Crippen LogP contribution in [-0.4, -0.2) is 32.9 Å². The maximum absolute atomic E-state index is 13.9. The molecule has 2 N–H and O–H groups in total. The number of nitrogens with one attached hydrogen (secondary N) is 2. The van der Waals surface area contributed by atoms with Gasteiger partial charge in [0.15, 0.2) is 6.61 Å². The van der Waals surface area contributed by atoms with Gasteiger partial charge >= 0.3 is 5.97 Å². The molecule has 2 aromatic carbocycles. The molecule has 2 unspecified atom stereocenters. The number of ether oxygens (including phenoxy) is 1. The van der Waals surface area contributed by atoms with Gasteiger partial charge in [0.05, 0.1) is 6.04 Å². The lowest BCUT2D eigenvalue weighted by Gasteiger charge is -2.21. The Kier molecular flexibility index (Phi) is 8.08. The molecular weight excluding hydrogens is 411 g/mol. The van der Waals surface area contributed by atoms with Gasteiger partial charge in [0.2, 0.25) is 10.0 Å². The Labute approximate surface area is 175 Å². The molecule has 1 amide bonds. The maximum Gasteiger partial charge on any atom is 0.324 e. The van der Waals surface area contributed by atoms with E-state index >= 15 is 0 Å². The van der Waals surface area contributed by atoms with Crippen molar-refractivity contribution in [3.05, 3.63) is 66.0 Å². The first-order valence-corrected chi connectivity index (χ1v) is 10.9. The Balaban J connectivity index is 1.99. The Morgan fingerprint density at radius 1 is 1.00 bits per heavy atom. The van der Waals surface area contributed by atoms with Crippen molar-refractivity contribution in [2.75, 3.05) is 6.61 Å². The highest BCUT2D eigenvalue weighted by molar-refractivity contribution is 7.89. The average Bonchev–Trinajstić information content (AvgIpc) is 2.71. The van der Waals surface area contributed by atoms with Crippen molar-refractivity contribution in [2.24, 2.45) is 5.92 Å². The third-order valence-electron chi connectivity index (χ3n) is 4.35. The molecule has 0 fully saturated rings. The van der Waals surface area contributed by atoms with E-state index in [0.717, 1.165) is 17.7 Å². The molecule has 2 aromatic rings. The van der Waals surface area contributed by atoms with Gasteiger partial charge in [0.25, 0.3) is 5.91 Å². The van der Waals surface area contributed by atoms with Crippen molar-refractivity contribution in [3.63, 3.8) is 0 Å². The molecule has 0 saturated carbocycles. The molecule has 162 valence electrons. The number of hydrogen-bond donors (Lipinski definition) is 2. The summed E-state index contributed by atoms with van der Waals surface area (Å²) in [6, 6.07) is 12.5. The molecule has 2 rings (SSSR count). The molecule has 7 nitrogen and oxygen atoms in total. The minimum atomic E-state index is -4.30. The number of halogens is 1. The van der Waals surface area contributed by atoms with Crippen LogP contribution in [0.1, 0.15) is 32.4 Å². The molecule has 0 heterocycles. The van der Waals surface area contributed by atoms with Crippen molar-refractivity contribution >= 4 is 21.9 Å². The quantitative estimate of drug-likeness (QED) is 0.589. The number of esters is 1. The Bertz CT molecular complexity index is 980. The molecule has 0 radical (unpaired) electrons. The summed E-state index contributed by atoms with van der Waals surface area (Å²) in [6.45, 7) is 4.43. The van der Waals surface area contributed by atoms with Crippen LogP contribution in [0, 0.1) is 11.7 Å². The van der Waals surface area contributed by atoms with Gasteiger partial charge in [0.1, 0.15) is 16.8 Å². The van der Waals surface area contributed by atoms with Gasteiger partial charge in [-0.15, -0.1) is 0 Å². The van der Waals surface area contributed by atoms with Gasteiger partial charge in [0, 0.05) is 0 Å². The van der Waals surface area contributed by atoms with E-state index in [-0.39, 0.29) is 6.04 Å². The van der Waals surface area contributed by atoms with E-state index in [2.05, 4.69) is 10.0 Å². The summed E-state index contributed by atoms with van der Waals surface area (Å²) in [4.78, 5) is 23.9. The molecular formula is C21H25FN2O5S. The van der Waals surface area contributed by atoms with E-state index in [4.69, 9.17) is 4.74 Å². The van der Waals surface area contributed by atoms with E-state index < -0.39 is 51.2 Å². The molecule has 0 aliphatic carbocycles. The summed E-state index contributed by atoms with van der Waals surface area (Å²) in [5.74, 6) is -2.88. The lowest BCUT2D eigenvalue weighted by molar-refractivity contribution is -0.151. The number of benzene rings is 2. The predicted molar refractivity (Wildman–Crippen MR) is 109 cm³/mol. The standard InChI is InChI=1S/C21H25FN2O5S/c1-14(2)20(24-30(27,28)18-12-8-7-11-17(18)22)21(26)29-13-19(25)23-15(3)16-9-5-4-6-10-16/h4-12,14-15,20,24H,13H2,1-3H3,(H,23,25). The minimum Gasteiger partial charge on any atom is -0.454 e. The van der Waals surface area contributed by atoms with Crippen LogP contribution in [0.25, 0.3) is 0 Å². The molecule has 30 heavy (non-hydrogen) atoms. The molecule has 0 aromatic heterocycles. The molecule has 0 aliphatic heterocycles.